The Morgan fingerprint density at radius 3 is 2.80 bits per heavy atom. The van der Waals surface area contributed by atoms with E-state index in [9.17, 15) is 4.39 Å². The van der Waals surface area contributed by atoms with Gasteiger partial charge in [-0.25, -0.2) is 4.39 Å². The van der Waals surface area contributed by atoms with Gasteiger partial charge in [-0.05, 0) is 30.3 Å². The average Bonchev–Trinajstić information content (AvgIpc) is 2.82. The number of benzene rings is 1. The van der Waals surface area contributed by atoms with Crippen molar-refractivity contribution < 1.29 is 4.39 Å². The van der Waals surface area contributed by atoms with Crippen LogP contribution in [0.15, 0.2) is 42.7 Å². The van der Waals surface area contributed by atoms with Gasteiger partial charge in [-0.3, -0.25) is 10.1 Å². The molecule has 100 valence electrons. The second kappa shape index (κ2) is 4.94. The van der Waals surface area contributed by atoms with Crippen molar-refractivity contribution in [2.24, 2.45) is 0 Å². The maximum Gasteiger partial charge on any atom is 0.153 e. The molecular formula is C14H10ClFN4. The van der Waals surface area contributed by atoms with E-state index in [-0.39, 0.29) is 5.02 Å². The summed E-state index contributed by atoms with van der Waals surface area (Å²) in [6.07, 6.45) is 3.36. The quantitative estimate of drug-likeness (QED) is 0.758. The first-order valence-electron chi connectivity index (χ1n) is 5.86. The predicted octanol–water partition coefficient (Wildman–Crippen LogP) is 3.51. The fourth-order valence-corrected chi connectivity index (χ4v) is 2.30. The minimum absolute atomic E-state index is 0.281. The number of pyridine rings is 1. The van der Waals surface area contributed by atoms with Gasteiger partial charge < -0.3 is 5.73 Å². The first kappa shape index (κ1) is 12.6. The molecule has 0 amide bonds. The molecule has 20 heavy (non-hydrogen) atoms. The molecule has 0 unspecified atom stereocenters. The summed E-state index contributed by atoms with van der Waals surface area (Å²) < 4.78 is 13.2. The highest BCUT2D eigenvalue weighted by Crippen LogP contribution is 2.38. The Morgan fingerprint density at radius 2 is 2.10 bits per heavy atom. The van der Waals surface area contributed by atoms with Crippen LogP contribution in [0.3, 0.4) is 0 Å². The van der Waals surface area contributed by atoms with Crippen LogP contribution in [0, 0.1) is 5.82 Å². The lowest BCUT2D eigenvalue weighted by Crippen LogP contribution is -1.90. The van der Waals surface area contributed by atoms with Crippen molar-refractivity contribution in [3.8, 4) is 22.4 Å². The van der Waals surface area contributed by atoms with Crippen molar-refractivity contribution in [1.29, 1.82) is 0 Å². The fourth-order valence-electron chi connectivity index (χ4n) is 2.04. The minimum Gasteiger partial charge on any atom is -0.382 e. The SMILES string of the molecule is Nc1n[nH]c(-c2cccnc2)c1-c1ccc(F)cc1Cl. The van der Waals surface area contributed by atoms with Gasteiger partial charge in [-0.15, -0.1) is 0 Å². The maximum atomic E-state index is 13.2. The molecule has 0 radical (unpaired) electrons. The number of aromatic nitrogens is 3. The Balaban J connectivity index is 2.22. The summed E-state index contributed by atoms with van der Waals surface area (Å²) in [6, 6.07) is 7.85. The topological polar surface area (TPSA) is 67.6 Å². The molecule has 4 nitrogen and oxygen atoms in total. The Hall–Kier alpha value is -2.40. The Morgan fingerprint density at radius 1 is 1.25 bits per heavy atom. The molecule has 0 aliphatic heterocycles. The number of H-pyrrole nitrogens is 1. The van der Waals surface area contributed by atoms with E-state index < -0.39 is 5.82 Å². The molecule has 2 heterocycles. The van der Waals surface area contributed by atoms with Gasteiger partial charge in [0.2, 0.25) is 0 Å². The number of rotatable bonds is 2. The molecule has 0 aliphatic carbocycles. The van der Waals surface area contributed by atoms with Crippen molar-refractivity contribution in [1.82, 2.24) is 15.2 Å². The second-order valence-corrected chi connectivity index (χ2v) is 4.63. The average molecular weight is 289 g/mol. The van der Waals surface area contributed by atoms with Crippen LogP contribution in [-0.4, -0.2) is 15.2 Å². The summed E-state index contributed by atoms with van der Waals surface area (Å²) in [4.78, 5) is 4.06. The third-order valence-electron chi connectivity index (χ3n) is 2.94. The van der Waals surface area contributed by atoms with E-state index in [1.807, 2.05) is 12.1 Å². The zero-order valence-corrected chi connectivity index (χ0v) is 11.0. The normalized spacial score (nSPS) is 10.7. The lowest BCUT2D eigenvalue weighted by molar-refractivity contribution is 0.628. The largest absolute Gasteiger partial charge is 0.382 e. The van der Waals surface area contributed by atoms with Crippen LogP contribution < -0.4 is 5.73 Å². The molecule has 3 aromatic rings. The van der Waals surface area contributed by atoms with Crippen LogP contribution in [0.1, 0.15) is 0 Å². The van der Waals surface area contributed by atoms with E-state index >= 15 is 0 Å². The molecule has 0 bridgehead atoms. The molecular weight excluding hydrogens is 279 g/mol. The highest BCUT2D eigenvalue weighted by molar-refractivity contribution is 6.33. The van der Waals surface area contributed by atoms with Crippen molar-refractivity contribution in [2.45, 2.75) is 0 Å². The summed E-state index contributed by atoms with van der Waals surface area (Å²) in [5.41, 5.74) is 8.69. The second-order valence-electron chi connectivity index (χ2n) is 4.22. The number of aromatic amines is 1. The fraction of sp³-hybridized carbons (Fsp3) is 0. The van der Waals surface area contributed by atoms with E-state index in [0.29, 0.717) is 22.6 Å². The zero-order chi connectivity index (χ0) is 14.1. The van der Waals surface area contributed by atoms with Crippen LogP contribution in [-0.2, 0) is 0 Å². The summed E-state index contributed by atoms with van der Waals surface area (Å²) in [5.74, 6) is -0.0962. The van der Waals surface area contributed by atoms with Gasteiger partial charge in [0.05, 0.1) is 16.3 Å². The van der Waals surface area contributed by atoms with Gasteiger partial charge in [-0.1, -0.05) is 11.6 Å². The number of nitrogens with zero attached hydrogens (tertiary/aromatic N) is 2. The van der Waals surface area contributed by atoms with E-state index in [4.69, 9.17) is 17.3 Å². The molecule has 0 saturated heterocycles. The molecule has 0 aliphatic rings. The summed E-state index contributed by atoms with van der Waals surface area (Å²) in [6.45, 7) is 0. The summed E-state index contributed by atoms with van der Waals surface area (Å²) >= 11 is 6.10. The van der Waals surface area contributed by atoms with Crippen LogP contribution in [0.2, 0.25) is 5.02 Å². The van der Waals surface area contributed by atoms with Gasteiger partial charge in [0, 0.05) is 23.5 Å². The number of nitrogens with two attached hydrogens (primary N) is 1. The van der Waals surface area contributed by atoms with Crippen molar-refractivity contribution >= 4 is 17.4 Å². The number of hydrogen-bond donors (Lipinski definition) is 2. The Labute approximate surface area is 119 Å². The Bertz CT molecular complexity index is 755. The third kappa shape index (κ3) is 2.12. The first-order chi connectivity index (χ1) is 9.66. The monoisotopic (exact) mass is 288 g/mol. The van der Waals surface area contributed by atoms with Gasteiger partial charge in [0.15, 0.2) is 5.82 Å². The highest BCUT2D eigenvalue weighted by atomic mass is 35.5. The molecule has 0 fully saturated rings. The summed E-state index contributed by atoms with van der Waals surface area (Å²) in [7, 11) is 0. The molecule has 1 aromatic carbocycles. The van der Waals surface area contributed by atoms with Gasteiger partial charge >= 0.3 is 0 Å². The van der Waals surface area contributed by atoms with Gasteiger partial charge in [0.1, 0.15) is 5.82 Å². The first-order valence-corrected chi connectivity index (χ1v) is 6.24. The molecule has 2 aromatic heterocycles. The number of halogens is 2. The molecule has 0 spiro atoms. The van der Waals surface area contributed by atoms with Crippen LogP contribution in [0.4, 0.5) is 10.2 Å². The Kier molecular flexibility index (Phi) is 3.12. The van der Waals surface area contributed by atoms with Crippen LogP contribution >= 0.6 is 11.6 Å². The number of nitrogens with one attached hydrogen (secondary N) is 1. The van der Waals surface area contributed by atoms with E-state index in [1.165, 1.54) is 12.1 Å². The number of nitrogen functional groups attached to an aromatic ring is 1. The predicted molar refractivity (Wildman–Crippen MR) is 76.6 cm³/mol. The van der Waals surface area contributed by atoms with Crippen molar-refractivity contribution in [2.75, 3.05) is 5.73 Å². The molecule has 0 saturated carbocycles. The standard InChI is InChI=1S/C14H10ClFN4/c15-11-6-9(16)3-4-10(11)12-13(19-20-14(12)17)8-2-1-5-18-7-8/h1-7H,(H3,17,19,20). The van der Waals surface area contributed by atoms with E-state index in [2.05, 4.69) is 15.2 Å². The van der Waals surface area contributed by atoms with Crippen molar-refractivity contribution in [3.05, 3.63) is 53.6 Å². The number of hydrogen-bond acceptors (Lipinski definition) is 3. The smallest absolute Gasteiger partial charge is 0.153 e. The van der Waals surface area contributed by atoms with Gasteiger partial charge in [0.25, 0.3) is 0 Å². The lowest BCUT2D eigenvalue weighted by Gasteiger charge is -2.06. The minimum atomic E-state index is -0.399. The zero-order valence-electron chi connectivity index (χ0n) is 10.3. The highest BCUT2D eigenvalue weighted by Gasteiger charge is 2.17. The maximum absolute atomic E-state index is 13.2. The number of anilines is 1. The van der Waals surface area contributed by atoms with Gasteiger partial charge in [-0.2, -0.15) is 5.10 Å². The van der Waals surface area contributed by atoms with Crippen LogP contribution in [0.5, 0.6) is 0 Å². The van der Waals surface area contributed by atoms with Crippen molar-refractivity contribution in [3.63, 3.8) is 0 Å². The third-order valence-corrected chi connectivity index (χ3v) is 3.26. The van der Waals surface area contributed by atoms with E-state index in [0.717, 1.165) is 5.56 Å². The van der Waals surface area contributed by atoms with Crippen LogP contribution in [0.25, 0.3) is 22.4 Å². The molecule has 6 heteroatoms. The summed E-state index contributed by atoms with van der Waals surface area (Å²) in [5, 5.41) is 7.15. The lowest BCUT2D eigenvalue weighted by atomic mass is 10.0. The molecule has 3 N–H and O–H groups in total. The molecule has 0 atom stereocenters. The van der Waals surface area contributed by atoms with E-state index in [1.54, 1.807) is 18.5 Å². The molecule has 3 rings (SSSR count).